The minimum atomic E-state index is -0.291. The van der Waals surface area contributed by atoms with Crippen LogP contribution in [-0.2, 0) is 6.54 Å². The third-order valence-electron chi connectivity index (χ3n) is 3.26. The van der Waals surface area contributed by atoms with Gasteiger partial charge in [0.1, 0.15) is 17.3 Å². The number of carbonyl (C=O) groups excluding carboxylic acids is 1. The Kier molecular flexibility index (Phi) is 4.09. The zero-order valence-electron chi connectivity index (χ0n) is 12.8. The van der Waals surface area contributed by atoms with Crippen LogP contribution in [-0.4, -0.2) is 28.2 Å². The van der Waals surface area contributed by atoms with E-state index in [2.05, 4.69) is 20.5 Å². The molecule has 0 unspecified atom stereocenters. The minimum absolute atomic E-state index is 0.238. The van der Waals surface area contributed by atoms with E-state index in [9.17, 15) is 4.79 Å². The summed E-state index contributed by atoms with van der Waals surface area (Å²) < 4.78 is 10.4. The van der Waals surface area contributed by atoms with Crippen molar-refractivity contribution in [3.63, 3.8) is 0 Å². The van der Waals surface area contributed by atoms with Crippen molar-refractivity contribution >= 4 is 5.91 Å². The first-order chi connectivity index (χ1) is 11.2. The number of H-pyrrole nitrogens is 1. The Balaban J connectivity index is 1.63. The Labute approximate surface area is 132 Å². The maximum absolute atomic E-state index is 11.9. The average molecular weight is 312 g/mol. The molecule has 3 rings (SSSR count). The molecular weight excluding hydrogens is 296 g/mol. The maximum Gasteiger partial charge on any atom is 0.287 e. The number of ether oxygens (including phenoxy) is 1. The quantitative estimate of drug-likeness (QED) is 0.754. The van der Waals surface area contributed by atoms with Crippen LogP contribution in [0.2, 0.25) is 0 Å². The molecule has 0 saturated heterocycles. The van der Waals surface area contributed by atoms with Gasteiger partial charge in [0.25, 0.3) is 5.91 Å². The number of aromatic nitrogens is 3. The SMILES string of the molecule is COc1ccc(-c2n[nH]c(CNC(=O)c3ccc(C)o3)n2)cc1. The summed E-state index contributed by atoms with van der Waals surface area (Å²) >= 11 is 0. The molecule has 0 fully saturated rings. The minimum Gasteiger partial charge on any atom is -0.497 e. The maximum atomic E-state index is 11.9. The molecule has 118 valence electrons. The lowest BCUT2D eigenvalue weighted by Crippen LogP contribution is -2.22. The van der Waals surface area contributed by atoms with Gasteiger partial charge < -0.3 is 14.5 Å². The number of methoxy groups -OCH3 is 1. The number of nitrogens with zero attached hydrogens (tertiary/aromatic N) is 2. The van der Waals surface area contributed by atoms with Gasteiger partial charge in [-0.05, 0) is 43.3 Å². The molecule has 7 nitrogen and oxygen atoms in total. The molecule has 7 heteroatoms. The number of carbonyl (C=O) groups is 1. The van der Waals surface area contributed by atoms with Gasteiger partial charge in [-0.3, -0.25) is 9.89 Å². The summed E-state index contributed by atoms with van der Waals surface area (Å²) in [7, 11) is 1.61. The molecule has 0 radical (unpaired) electrons. The number of amides is 1. The van der Waals surface area contributed by atoms with Crippen molar-refractivity contribution in [1.29, 1.82) is 0 Å². The molecule has 0 saturated carbocycles. The lowest BCUT2D eigenvalue weighted by molar-refractivity contribution is 0.0921. The first-order valence-corrected chi connectivity index (χ1v) is 7.06. The molecule has 2 N–H and O–H groups in total. The summed E-state index contributed by atoms with van der Waals surface area (Å²) in [6, 6.07) is 10.8. The summed E-state index contributed by atoms with van der Waals surface area (Å²) in [6.07, 6.45) is 0. The van der Waals surface area contributed by atoms with Gasteiger partial charge in [0.15, 0.2) is 11.6 Å². The molecule has 0 aliphatic rings. The van der Waals surface area contributed by atoms with E-state index >= 15 is 0 Å². The van der Waals surface area contributed by atoms with Crippen LogP contribution < -0.4 is 10.1 Å². The van der Waals surface area contributed by atoms with Crippen molar-refractivity contribution < 1.29 is 13.9 Å². The third kappa shape index (κ3) is 3.39. The van der Waals surface area contributed by atoms with Crippen molar-refractivity contribution in [2.45, 2.75) is 13.5 Å². The molecule has 2 aromatic heterocycles. The fourth-order valence-corrected chi connectivity index (χ4v) is 2.05. The monoisotopic (exact) mass is 312 g/mol. The van der Waals surface area contributed by atoms with E-state index in [1.807, 2.05) is 24.3 Å². The standard InChI is InChI=1S/C16H16N4O3/c1-10-3-8-13(23-10)16(21)17-9-14-18-15(20-19-14)11-4-6-12(22-2)7-5-11/h3-8H,9H2,1-2H3,(H,17,21)(H,18,19,20). The molecule has 1 amide bonds. The molecule has 2 heterocycles. The third-order valence-corrected chi connectivity index (χ3v) is 3.26. The highest BCUT2D eigenvalue weighted by Crippen LogP contribution is 2.18. The Morgan fingerprint density at radius 1 is 1.26 bits per heavy atom. The Bertz CT molecular complexity index is 805. The normalized spacial score (nSPS) is 10.5. The second-order valence-electron chi connectivity index (χ2n) is 4.93. The molecule has 0 bridgehead atoms. The van der Waals surface area contributed by atoms with Crippen LogP contribution in [0.15, 0.2) is 40.8 Å². The highest BCUT2D eigenvalue weighted by molar-refractivity contribution is 5.91. The number of rotatable bonds is 5. The van der Waals surface area contributed by atoms with E-state index in [1.165, 1.54) is 0 Å². The Morgan fingerprint density at radius 3 is 2.70 bits per heavy atom. The summed E-state index contributed by atoms with van der Waals surface area (Å²) in [5.74, 6) is 2.57. The number of hydrogen-bond acceptors (Lipinski definition) is 5. The fraction of sp³-hybridized carbons (Fsp3) is 0.188. The molecule has 0 spiro atoms. The molecule has 23 heavy (non-hydrogen) atoms. The van der Waals surface area contributed by atoms with Crippen molar-refractivity contribution in [2.75, 3.05) is 7.11 Å². The Morgan fingerprint density at radius 2 is 2.04 bits per heavy atom. The van der Waals surface area contributed by atoms with Crippen LogP contribution >= 0.6 is 0 Å². The zero-order chi connectivity index (χ0) is 16.2. The summed E-state index contributed by atoms with van der Waals surface area (Å²) in [5, 5.41) is 9.68. The average Bonchev–Trinajstić information content (AvgIpc) is 3.22. The predicted octanol–water partition coefficient (Wildman–Crippen LogP) is 2.31. The second-order valence-corrected chi connectivity index (χ2v) is 4.93. The zero-order valence-corrected chi connectivity index (χ0v) is 12.8. The van der Waals surface area contributed by atoms with Crippen molar-refractivity contribution in [1.82, 2.24) is 20.5 Å². The highest BCUT2D eigenvalue weighted by atomic mass is 16.5. The van der Waals surface area contributed by atoms with Gasteiger partial charge in [0, 0.05) is 5.56 Å². The molecule has 3 aromatic rings. The van der Waals surface area contributed by atoms with Gasteiger partial charge in [-0.15, -0.1) is 0 Å². The van der Waals surface area contributed by atoms with Crippen LogP contribution in [0.5, 0.6) is 5.75 Å². The summed E-state index contributed by atoms with van der Waals surface area (Å²) in [4.78, 5) is 16.3. The van der Waals surface area contributed by atoms with Crippen molar-refractivity contribution in [3.8, 4) is 17.1 Å². The van der Waals surface area contributed by atoms with Crippen molar-refractivity contribution in [2.24, 2.45) is 0 Å². The van der Waals surface area contributed by atoms with Crippen LogP contribution in [0.1, 0.15) is 22.1 Å². The Hall–Kier alpha value is -3.09. The summed E-state index contributed by atoms with van der Waals surface area (Å²) in [5.41, 5.74) is 0.862. The van der Waals surface area contributed by atoms with E-state index in [4.69, 9.17) is 9.15 Å². The first kappa shape index (κ1) is 14.8. The lowest BCUT2D eigenvalue weighted by atomic mass is 10.2. The van der Waals surface area contributed by atoms with Gasteiger partial charge in [0.05, 0.1) is 13.7 Å². The highest BCUT2D eigenvalue weighted by Gasteiger charge is 2.11. The molecule has 0 aliphatic heterocycles. The van der Waals surface area contributed by atoms with Gasteiger partial charge in [-0.2, -0.15) is 5.10 Å². The van der Waals surface area contributed by atoms with Crippen LogP contribution in [0.25, 0.3) is 11.4 Å². The van der Waals surface area contributed by atoms with Crippen LogP contribution in [0.4, 0.5) is 0 Å². The van der Waals surface area contributed by atoms with E-state index in [0.717, 1.165) is 11.3 Å². The molecule has 0 aliphatic carbocycles. The topological polar surface area (TPSA) is 93.0 Å². The molecule has 0 atom stereocenters. The molecule has 1 aromatic carbocycles. The predicted molar refractivity (Wildman–Crippen MR) is 83.0 cm³/mol. The largest absolute Gasteiger partial charge is 0.497 e. The van der Waals surface area contributed by atoms with E-state index in [0.29, 0.717) is 17.4 Å². The molecular formula is C16H16N4O3. The van der Waals surface area contributed by atoms with Gasteiger partial charge in [0.2, 0.25) is 0 Å². The number of aryl methyl sites for hydroxylation is 1. The van der Waals surface area contributed by atoms with Gasteiger partial charge in [-0.25, -0.2) is 4.98 Å². The first-order valence-electron chi connectivity index (χ1n) is 7.06. The number of furan rings is 1. The fourth-order valence-electron chi connectivity index (χ4n) is 2.05. The van der Waals surface area contributed by atoms with Crippen LogP contribution in [0.3, 0.4) is 0 Å². The second kappa shape index (κ2) is 6.35. The number of nitrogens with one attached hydrogen (secondary N) is 2. The smallest absolute Gasteiger partial charge is 0.287 e. The van der Waals surface area contributed by atoms with E-state index in [1.54, 1.807) is 26.2 Å². The summed E-state index contributed by atoms with van der Waals surface area (Å²) in [6.45, 7) is 2.02. The lowest BCUT2D eigenvalue weighted by Gasteiger charge is -2.00. The number of benzene rings is 1. The van der Waals surface area contributed by atoms with E-state index in [-0.39, 0.29) is 18.2 Å². The number of hydrogen-bond donors (Lipinski definition) is 2. The van der Waals surface area contributed by atoms with Crippen LogP contribution in [0, 0.1) is 6.92 Å². The van der Waals surface area contributed by atoms with E-state index < -0.39 is 0 Å². The van der Waals surface area contributed by atoms with Gasteiger partial charge in [-0.1, -0.05) is 0 Å². The van der Waals surface area contributed by atoms with Crippen molar-refractivity contribution in [3.05, 3.63) is 53.7 Å². The van der Waals surface area contributed by atoms with Gasteiger partial charge >= 0.3 is 0 Å². The number of aromatic amines is 1.